The van der Waals surface area contributed by atoms with Crippen molar-refractivity contribution in [2.45, 2.75) is 19.4 Å². The predicted octanol–water partition coefficient (Wildman–Crippen LogP) is 2.89. The smallest absolute Gasteiger partial charge is 0.120 e. The molecular weight excluding hydrogens is 270 g/mol. The van der Waals surface area contributed by atoms with Crippen molar-refractivity contribution in [3.8, 4) is 5.75 Å². The Hall–Kier alpha value is -0.580. The Bertz CT molecular complexity index is 353. The second-order valence-electron chi connectivity index (χ2n) is 4.07. The van der Waals surface area contributed by atoms with Crippen molar-refractivity contribution in [1.29, 1.82) is 0 Å². The Morgan fingerprint density at radius 2 is 2.19 bits per heavy atom. The molecule has 2 rings (SSSR count). The molecular formula is C12H16BrNO2. The quantitative estimate of drug-likeness (QED) is 0.816. The fourth-order valence-electron chi connectivity index (χ4n) is 1.46. The Labute approximate surface area is 104 Å². The molecule has 1 aromatic rings. The van der Waals surface area contributed by atoms with E-state index in [-0.39, 0.29) is 0 Å². The van der Waals surface area contributed by atoms with Gasteiger partial charge >= 0.3 is 0 Å². The normalized spacial score (nSPS) is 15.1. The molecule has 0 amide bonds. The molecule has 1 aliphatic carbocycles. The fraction of sp³-hybridized carbons (Fsp3) is 0.500. The first-order valence-corrected chi connectivity index (χ1v) is 6.25. The number of hydrogen-bond acceptors (Lipinski definition) is 3. The van der Waals surface area contributed by atoms with Crippen LogP contribution in [0.2, 0.25) is 0 Å². The molecule has 0 spiro atoms. The second-order valence-corrected chi connectivity index (χ2v) is 4.99. The number of hydroxylamine groups is 1. The van der Waals surface area contributed by atoms with E-state index < -0.39 is 0 Å². The molecule has 4 heteroatoms. The van der Waals surface area contributed by atoms with Gasteiger partial charge in [0, 0.05) is 11.0 Å². The van der Waals surface area contributed by atoms with E-state index in [0.717, 1.165) is 28.3 Å². The average molecular weight is 286 g/mol. The van der Waals surface area contributed by atoms with Crippen LogP contribution >= 0.6 is 15.9 Å². The number of ether oxygens (including phenoxy) is 1. The van der Waals surface area contributed by atoms with Crippen LogP contribution in [-0.2, 0) is 11.4 Å². The van der Waals surface area contributed by atoms with Crippen LogP contribution in [0.4, 0.5) is 0 Å². The van der Waals surface area contributed by atoms with Gasteiger partial charge in [-0.1, -0.05) is 15.9 Å². The average Bonchev–Trinajstić information content (AvgIpc) is 3.07. The predicted molar refractivity (Wildman–Crippen MR) is 66.2 cm³/mol. The number of hydrogen-bond donors (Lipinski definition) is 1. The Morgan fingerprint density at radius 3 is 2.88 bits per heavy atom. The maximum atomic E-state index is 5.73. The molecule has 0 unspecified atom stereocenters. The summed E-state index contributed by atoms with van der Waals surface area (Å²) in [6.07, 6.45) is 2.62. The largest absolute Gasteiger partial charge is 0.493 e. The first-order valence-electron chi connectivity index (χ1n) is 5.46. The zero-order valence-electron chi connectivity index (χ0n) is 9.33. The van der Waals surface area contributed by atoms with Crippen LogP contribution in [0.15, 0.2) is 22.7 Å². The summed E-state index contributed by atoms with van der Waals surface area (Å²) in [6.45, 7) is 1.52. The van der Waals surface area contributed by atoms with Crippen molar-refractivity contribution in [2.24, 2.45) is 5.92 Å². The lowest BCUT2D eigenvalue weighted by Gasteiger charge is -2.09. The lowest BCUT2D eigenvalue weighted by Crippen LogP contribution is -2.11. The van der Waals surface area contributed by atoms with E-state index in [1.807, 2.05) is 12.1 Å². The molecule has 0 aromatic heterocycles. The molecule has 1 aromatic carbocycles. The zero-order valence-corrected chi connectivity index (χ0v) is 10.9. The summed E-state index contributed by atoms with van der Waals surface area (Å²) in [6, 6.07) is 6.09. The van der Waals surface area contributed by atoms with Crippen molar-refractivity contribution in [3.05, 3.63) is 28.2 Å². The van der Waals surface area contributed by atoms with Gasteiger partial charge in [-0.25, -0.2) is 0 Å². The van der Waals surface area contributed by atoms with Crippen molar-refractivity contribution < 1.29 is 9.57 Å². The summed E-state index contributed by atoms with van der Waals surface area (Å²) >= 11 is 3.48. The van der Waals surface area contributed by atoms with Crippen LogP contribution in [0.25, 0.3) is 0 Å². The number of halogens is 1. The Balaban J connectivity index is 1.96. The minimum absolute atomic E-state index is 0.676. The van der Waals surface area contributed by atoms with E-state index in [2.05, 4.69) is 27.5 Å². The maximum absolute atomic E-state index is 5.73. The summed E-state index contributed by atoms with van der Waals surface area (Å²) in [7, 11) is 1.61. The van der Waals surface area contributed by atoms with Gasteiger partial charge < -0.3 is 9.57 Å². The summed E-state index contributed by atoms with van der Waals surface area (Å²) in [5.41, 5.74) is 3.96. The molecule has 3 nitrogen and oxygen atoms in total. The van der Waals surface area contributed by atoms with Gasteiger partial charge in [-0.15, -0.1) is 0 Å². The fourth-order valence-corrected chi connectivity index (χ4v) is 1.98. The van der Waals surface area contributed by atoms with E-state index in [4.69, 9.17) is 9.57 Å². The highest BCUT2D eigenvalue weighted by Crippen LogP contribution is 2.30. The molecule has 0 heterocycles. The molecule has 1 aliphatic rings. The first kappa shape index (κ1) is 11.9. The van der Waals surface area contributed by atoms with Gasteiger partial charge in [-0.3, -0.25) is 0 Å². The molecule has 0 atom stereocenters. The van der Waals surface area contributed by atoms with E-state index in [1.165, 1.54) is 12.8 Å². The molecule has 16 heavy (non-hydrogen) atoms. The molecule has 1 N–H and O–H groups in total. The standard InChI is InChI=1S/C12H16BrNO2/c1-15-14-7-10-4-11(13)6-12(5-10)16-8-9-2-3-9/h4-6,9,14H,2-3,7-8H2,1H3. The summed E-state index contributed by atoms with van der Waals surface area (Å²) in [5, 5.41) is 0. The van der Waals surface area contributed by atoms with E-state index >= 15 is 0 Å². The van der Waals surface area contributed by atoms with Gasteiger partial charge in [0.05, 0.1) is 13.7 Å². The van der Waals surface area contributed by atoms with Crippen LogP contribution in [0.3, 0.4) is 0 Å². The first-order chi connectivity index (χ1) is 7.78. The lowest BCUT2D eigenvalue weighted by molar-refractivity contribution is 0.0866. The lowest BCUT2D eigenvalue weighted by atomic mass is 10.2. The van der Waals surface area contributed by atoms with E-state index in [0.29, 0.717) is 6.54 Å². The zero-order chi connectivity index (χ0) is 11.4. The van der Waals surface area contributed by atoms with Crippen molar-refractivity contribution >= 4 is 15.9 Å². The van der Waals surface area contributed by atoms with Crippen molar-refractivity contribution in [1.82, 2.24) is 5.48 Å². The highest BCUT2D eigenvalue weighted by molar-refractivity contribution is 9.10. The van der Waals surface area contributed by atoms with Crippen LogP contribution in [0.1, 0.15) is 18.4 Å². The third-order valence-electron chi connectivity index (χ3n) is 2.53. The third-order valence-corrected chi connectivity index (χ3v) is 2.99. The number of rotatable bonds is 6. The number of benzene rings is 1. The topological polar surface area (TPSA) is 30.5 Å². The van der Waals surface area contributed by atoms with E-state index in [1.54, 1.807) is 7.11 Å². The van der Waals surface area contributed by atoms with Crippen LogP contribution in [-0.4, -0.2) is 13.7 Å². The minimum atomic E-state index is 0.676. The molecule has 0 aliphatic heterocycles. The van der Waals surface area contributed by atoms with Crippen molar-refractivity contribution in [2.75, 3.05) is 13.7 Å². The van der Waals surface area contributed by atoms with Gasteiger partial charge in [-0.2, -0.15) is 5.48 Å². The van der Waals surface area contributed by atoms with Gasteiger partial charge in [0.1, 0.15) is 5.75 Å². The second kappa shape index (κ2) is 5.66. The third kappa shape index (κ3) is 3.77. The molecule has 0 bridgehead atoms. The highest BCUT2D eigenvalue weighted by Gasteiger charge is 2.21. The van der Waals surface area contributed by atoms with Crippen LogP contribution in [0.5, 0.6) is 5.75 Å². The van der Waals surface area contributed by atoms with Gasteiger partial charge in [-0.05, 0) is 42.5 Å². The monoisotopic (exact) mass is 285 g/mol. The van der Waals surface area contributed by atoms with Crippen LogP contribution < -0.4 is 10.2 Å². The minimum Gasteiger partial charge on any atom is -0.493 e. The molecule has 0 saturated heterocycles. The van der Waals surface area contributed by atoms with Crippen molar-refractivity contribution in [3.63, 3.8) is 0 Å². The van der Waals surface area contributed by atoms with Gasteiger partial charge in [0.2, 0.25) is 0 Å². The molecule has 1 fully saturated rings. The summed E-state index contributed by atoms with van der Waals surface area (Å²) < 4.78 is 6.77. The van der Waals surface area contributed by atoms with E-state index in [9.17, 15) is 0 Å². The Kier molecular flexibility index (Phi) is 4.21. The highest BCUT2D eigenvalue weighted by atomic mass is 79.9. The number of nitrogens with one attached hydrogen (secondary N) is 1. The Morgan fingerprint density at radius 1 is 1.38 bits per heavy atom. The van der Waals surface area contributed by atoms with Crippen LogP contribution in [0, 0.1) is 5.92 Å². The summed E-state index contributed by atoms with van der Waals surface area (Å²) in [5.74, 6) is 1.70. The van der Waals surface area contributed by atoms with Gasteiger partial charge in [0.25, 0.3) is 0 Å². The summed E-state index contributed by atoms with van der Waals surface area (Å²) in [4.78, 5) is 4.83. The molecule has 0 radical (unpaired) electrons. The maximum Gasteiger partial charge on any atom is 0.120 e. The SMILES string of the molecule is CONCc1cc(Br)cc(OCC2CC2)c1. The molecule has 1 saturated carbocycles. The molecule has 88 valence electrons. The van der Waals surface area contributed by atoms with Gasteiger partial charge in [0.15, 0.2) is 0 Å².